The monoisotopic (exact) mass is 233 g/mol. The highest BCUT2D eigenvalue weighted by Gasteiger charge is 2.27. The van der Waals surface area contributed by atoms with Crippen LogP contribution in [0.15, 0.2) is 18.7 Å². The van der Waals surface area contributed by atoms with Gasteiger partial charge >= 0.3 is 0 Å². The lowest BCUT2D eigenvalue weighted by atomic mass is 9.76. The van der Waals surface area contributed by atoms with E-state index in [9.17, 15) is 0 Å². The number of hydrogen-bond acceptors (Lipinski definition) is 3. The molecule has 1 N–H and O–H groups in total. The summed E-state index contributed by atoms with van der Waals surface area (Å²) < 4.78 is 0. The summed E-state index contributed by atoms with van der Waals surface area (Å²) in [5, 5.41) is 3.44. The smallest absolute Gasteiger partial charge is 0.115 e. The van der Waals surface area contributed by atoms with Crippen LogP contribution in [0.1, 0.15) is 50.6 Å². The SMILES string of the molecule is CCC1CCC(C(NC)c2cncnc2)CC1. The highest BCUT2D eigenvalue weighted by atomic mass is 14.9. The summed E-state index contributed by atoms with van der Waals surface area (Å²) in [6.45, 7) is 2.31. The van der Waals surface area contributed by atoms with E-state index in [0.29, 0.717) is 6.04 Å². The minimum Gasteiger partial charge on any atom is -0.313 e. The summed E-state index contributed by atoms with van der Waals surface area (Å²) in [6.07, 6.45) is 12.3. The number of rotatable bonds is 4. The summed E-state index contributed by atoms with van der Waals surface area (Å²) in [7, 11) is 2.05. The molecule has 0 spiro atoms. The van der Waals surface area contributed by atoms with Crippen molar-refractivity contribution in [2.45, 2.75) is 45.1 Å². The summed E-state index contributed by atoms with van der Waals surface area (Å²) >= 11 is 0. The molecule has 2 rings (SSSR count). The molecule has 0 radical (unpaired) electrons. The van der Waals surface area contributed by atoms with Gasteiger partial charge in [-0.2, -0.15) is 0 Å². The van der Waals surface area contributed by atoms with Crippen molar-refractivity contribution in [1.29, 1.82) is 0 Å². The molecule has 1 fully saturated rings. The Bertz CT molecular complexity index is 317. The van der Waals surface area contributed by atoms with E-state index < -0.39 is 0 Å². The molecule has 1 unspecified atom stereocenters. The summed E-state index contributed by atoms with van der Waals surface area (Å²) in [5.41, 5.74) is 1.23. The Morgan fingerprint density at radius 3 is 2.41 bits per heavy atom. The highest BCUT2D eigenvalue weighted by molar-refractivity contribution is 5.10. The molecule has 3 heteroatoms. The van der Waals surface area contributed by atoms with Crippen LogP contribution in [-0.2, 0) is 0 Å². The third-order valence-electron chi connectivity index (χ3n) is 4.19. The highest BCUT2D eigenvalue weighted by Crippen LogP contribution is 2.37. The Labute approximate surface area is 104 Å². The summed E-state index contributed by atoms with van der Waals surface area (Å²) in [5.74, 6) is 1.70. The van der Waals surface area contributed by atoms with Gasteiger partial charge in [-0.25, -0.2) is 9.97 Å². The zero-order valence-corrected chi connectivity index (χ0v) is 10.9. The van der Waals surface area contributed by atoms with Crippen LogP contribution in [0.2, 0.25) is 0 Å². The largest absolute Gasteiger partial charge is 0.313 e. The lowest BCUT2D eigenvalue weighted by Crippen LogP contribution is -2.28. The molecular formula is C14H23N3. The molecule has 1 saturated carbocycles. The van der Waals surface area contributed by atoms with Gasteiger partial charge in [-0.1, -0.05) is 26.2 Å². The first-order valence-electron chi connectivity index (χ1n) is 6.77. The van der Waals surface area contributed by atoms with Gasteiger partial charge in [0.1, 0.15) is 6.33 Å². The van der Waals surface area contributed by atoms with Crippen molar-refractivity contribution < 1.29 is 0 Å². The fourth-order valence-electron chi connectivity index (χ4n) is 3.08. The second kappa shape index (κ2) is 6.10. The van der Waals surface area contributed by atoms with Crippen LogP contribution in [0.4, 0.5) is 0 Å². The zero-order valence-electron chi connectivity index (χ0n) is 10.9. The van der Waals surface area contributed by atoms with Gasteiger partial charge in [0.15, 0.2) is 0 Å². The average molecular weight is 233 g/mol. The van der Waals surface area contributed by atoms with E-state index in [1.54, 1.807) is 6.33 Å². The third-order valence-corrected chi connectivity index (χ3v) is 4.19. The van der Waals surface area contributed by atoms with E-state index in [2.05, 4.69) is 22.2 Å². The van der Waals surface area contributed by atoms with Crippen molar-refractivity contribution in [2.24, 2.45) is 11.8 Å². The number of nitrogens with one attached hydrogen (secondary N) is 1. The fourth-order valence-corrected chi connectivity index (χ4v) is 3.08. The van der Waals surface area contributed by atoms with E-state index in [1.165, 1.54) is 37.7 Å². The molecule has 0 amide bonds. The Balaban J connectivity index is 2.00. The van der Waals surface area contributed by atoms with E-state index in [0.717, 1.165) is 11.8 Å². The molecule has 17 heavy (non-hydrogen) atoms. The predicted octanol–water partition coefficient (Wildman–Crippen LogP) is 2.95. The Morgan fingerprint density at radius 2 is 1.88 bits per heavy atom. The summed E-state index contributed by atoms with van der Waals surface area (Å²) in [6, 6.07) is 0.425. The molecule has 1 aliphatic carbocycles. The Hall–Kier alpha value is -0.960. The van der Waals surface area contributed by atoms with Gasteiger partial charge in [0.25, 0.3) is 0 Å². The molecular weight excluding hydrogens is 210 g/mol. The second-order valence-electron chi connectivity index (χ2n) is 5.13. The van der Waals surface area contributed by atoms with Crippen molar-refractivity contribution in [3.8, 4) is 0 Å². The molecule has 1 aliphatic rings. The minimum absolute atomic E-state index is 0.425. The maximum atomic E-state index is 4.13. The maximum absolute atomic E-state index is 4.13. The average Bonchev–Trinajstić information content (AvgIpc) is 2.42. The standard InChI is InChI=1S/C14H23N3/c1-3-11-4-6-12(7-5-11)14(15-2)13-8-16-10-17-9-13/h8-12,14-15H,3-7H2,1-2H3. The molecule has 0 aliphatic heterocycles. The van der Waals surface area contributed by atoms with E-state index in [-0.39, 0.29) is 0 Å². The quantitative estimate of drug-likeness (QED) is 0.869. The molecule has 0 aromatic carbocycles. The number of hydrogen-bond donors (Lipinski definition) is 1. The van der Waals surface area contributed by atoms with Crippen molar-refractivity contribution in [1.82, 2.24) is 15.3 Å². The first-order valence-corrected chi connectivity index (χ1v) is 6.77. The van der Waals surface area contributed by atoms with Crippen LogP contribution < -0.4 is 5.32 Å². The van der Waals surface area contributed by atoms with Crippen LogP contribution in [0.25, 0.3) is 0 Å². The van der Waals surface area contributed by atoms with E-state index in [1.807, 2.05) is 19.4 Å². The van der Waals surface area contributed by atoms with Crippen LogP contribution >= 0.6 is 0 Å². The van der Waals surface area contributed by atoms with Gasteiger partial charge in [0, 0.05) is 24.0 Å². The van der Waals surface area contributed by atoms with Crippen LogP contribution in [-0.4, -0.2) is 17.0 Å². The first kappa shape index (κ1) is 12.5. The predicted molar refractivity (Wildman–Crippen MR) is 69.6 cm³/mol. The molecule has 1 atom stereocenters. The summed E-state index contributed by atoms with van der Waals surface area (Å²) in [4.78, 5) is 8.26. The lowest BCUT2D eigenvalue weighted by Gasteiger charge is -2.33. The molecule has 94 valence electrons. The Morgan fingerprint density at radius 1 is 1.24 bits per heavy atom. The molecule has 0 saturated heterocycles. The van der Waals surface area contributed by atoms with Crippen molar-refractivity contribution in [3.05, 3.63) is 24.3 Å². The van der Waals surface area contributed by atoms with Crippen molar-refractivity contribution in [2.75, 3.05) is 7.05 Å². The third kappa shape index (κ3) is 3.03. The fraction of sp³-hybridized carbons (Fsp3) is 0.714. The van der Waals surface area contributed by atoms with Gasteiger partial charge in [-0.3, -0.25) is 0 Å². The normalized spacial score (nSPS) is 26.7. The molecule has 3 nitrogen and oxygen atoms in total. The zero-order chi connectivity index (χ0) is 12.1. The van der Waals surface area contributed by atoms with Crippen molar-refractivity contribution in [3.63, 3.8) is 0 Å². The van der Waals surface area contributed by atoms with Gasteiger partial charge in [-0.15, -0.1) is 0 Å². The minimum atomic E-state index is 0.425. The van der Waals surface area contributed by atoms with Gasteiger partial charge in [0.05, 0.1) is 0 Å². The van der Waals surface area contributed by atoms with Crippen LogP contribution in [0, 0.1) is 11.8 Å². The van der Waals surface area contributed by atoms with Gasteiger partial charge in [0.2, 0.25) is 0 Å². The molecule has 1 aromatic heterocycles. The van der Waals surface area contributed by atoms with Crippen LogP contribution in [0.3, 0.4) is 0 Å². The van der Waals surface area contributed by atoms with Gasteiger partial charge in [-0.05, 0) is 31.7 Å². The van der Waals surface area contributed by atoms with Crippen LogP contribution in [0.5, 0.6) is 0 Å². The number of aromatic nitrogens is 2. The van der Waals surface area contributed by atoms with Gasteiger partial charge < -0.3 is 5.32 Å². The maximum Gasteiger partial charge on any atom is 0.115 e. The molecule has 1 heterocycles. The van der Waals surface area contributed by atoms with Crippen molar-refractivity contribution >= 4 is 0 Å². The molecule has 1 aromatic rings. The molecule has 0 bridgehead atoms. The second-order valence-corrected chi connectivity index (χ2v) is 5.13. The first-order chi connectivity index (χ1) is 8.35. The Kier molecular flexibility index (Phi) is 4.49. The lowest BCUT2D eigenvalue weighted by molar-refractivity contribution is 0.224. The van der Waals surface area contributed by atoms with E-state index >= 15 is 0 Å². The topological polar surface area (TPSA) is 37.8 Å². The van der Waals surface area contributed by atoms with E-state index in [4.69, 9.17) is 0 Å². The number of nitrogens with zero attached hydrogens (tertiary/aromatic N) is 2.